The number of ether oxygens (including phenoxy) is 6. The lowest BCUT2D eigenvalue weighted by molar-refractivity contribution is -0.295. The van der Waals surface area contributed by atoms with Gasteiger partial charge in [0.2, 0.25) is 10.0 Å². The Morgan fingerprint density at radius 3 is 2.02 bits per heavy atom. The normalized spacial score (nSPS) is 45.9. The number of hydrogen-bond donors (Lipinski definition) is 14. The van der Waals surface area contributed by atoms with Crippen LogP contribution in [0.4, 0.5) is 0 Å². The lowest BCUT2D eigenvalue weighted by Gasteiger charge is -2.47. The predicted molar refractivity (Wildman–Crippen MR) is 170 cm³/mol. The first kappa shape index (κ1) is 41.9. The van der Waals surface area contributed by atoms with Crippen molar-refractivity contribution in [3.05, 3.63) is 0 Å². The Kier molecular flexibility index (Phi) is 15.5. The molecule has 18 atom stereocenters. The maximum atomic E-state index is 12.6. The molecule has 3 aliphatic heterocycles. The van der Waals surface area contributed by atoms with Crippen molar-refractivity contribution in [1.82, 2.24) is 10.0 Å². The van der Waals surface area contributed by atoms with E-state index in [9.17, 15) is 39.1 Å². The van der Waals surface area contributed by atoms with E-state index < -0.39 is 133 Å². The zero-order valence-electron chi connectivity index (χ0n) is 27.4. The average Bonchev–Trinajstić information content (AvgIpc) is 3.36. The summed E-state index contributed by atoms with van der Waals surface area (Å²) in [6.45, 7) is -0.744. The smallest absolute Gasteiger partial charge is 0.213 e. The van der Waals surface area contributed by atoms with Gasteiger partial charge in [-0.25, -0.2) is 13.1 Å². The highest BCUT2D eigenvalue weighted by atomic mass is 32.2. The number of sulfonamides is 1. The van der Waals surface area contributed by atoms with Crippen LogP contribution < -0.4 is 38.7 Å². The summed E-state index contributed by atoms with van der Waals surface area (Å²) in [6, 6.07) is -4.65. The maximum Gasteiger partial charge on any atom is 0.213 e. The van der Waals surface area contributed by atoms with Crippen LogP contribution in [-0.2, 0) is 38.4 Å². The summed E-state index contributed by atoms with van der Waals surface area (Å²) in [7, 11) is -3.98. The van der Waals surface area contributed by atoms with E-state index in [1.54, 1.807) is 0 Å². The van der Waals surface area contributed by atoms with E-state index in [4.69, 9.17) is 62.2 Å². The fraction of sp³-hybridized carbons (Fsp3) is 1.00. The minimum Gasteiger partial charge on any atom is -0.395 e. The van der Waals surface area contributed by atoms with Crippen LogP contribution in [0.15, 0.2) is 0 Å². The maximum absolute atomic E-state index is 12.6. The molecule has 4 rings (SSSR count). The van der Waals surface area contributed by atoms with Gasteiger partial charge in [-0.3, -0.25) is 0 Å². The van der Waals surface area contributed by atoms with E-state index in [0.29, 0.717) is 0 Å². The molecular formula is C27H55N7O15S. The average molecular weight is 750 g/mol. The van der Waals surface area contributed by atoms with Gasteiger partial charge in [0.15, 0.2) is 18.9 Å². The Bertz CT molecular complexity index is 1150. The van der Waals surface area contributed by atoms with E-state index in [2.05, 4.69) is 10.0 Å². The first-order valence-electron chi connectivity index (χ1n) is 16.6. The quantitative estimate of drug-likeness (QED) is 0.0651. The molecule has 0 unspecified atom stereocenters. The molecule has 0 radical (unpaired) electrons. The van der Waals surface area contributed by atoms with Gasteiger partial charge in [-0.15, -0.1) is 0 Å². The Morgan fingerprint density at radius 2 is 1.38 bits per heavy atom. The van der Waals surface area contributed by atoms with Crippen molar-refractivity contribution in [2.45, 2.75) is 123 Å². The van der Waals surface area contributed by atoms with Crippen molar-refractivity contribution >= 4 is 10.0 Å². The van der Waals surface area contributed by atoms with Crippen molar-refractivity contribution in [3.8, 4) is 0 Å². The number of aliphatic hydroxyl groups excluding tert-OH is 7. The lowest BCUT2D eigenvalue weighted by atomic mass is 9.84. The Hall–Kier alpha value is -0.850. The molecule has 0 aromatic carbocycles. The van der Waals surface area contributed by atoms with E-state index in [-0.39, 0.29) is 45.6 Å². The fourth-order valence-electron chi connectivity index (χ4n) is 6.54. The number of aliphatic hydroxyl groups is 7. The third-order valence-corrected chi connectivity index (χ3v) is 10.7. The molecule has 19 N–H and O–H groups in total. The van der Waals surface area contributed by atoms with E-state index in [0.717, 1.165) is 0 Å². The second-order valence-electron chi connectivity index (χ2n) is 13.0. The van der Waals surface area contributed by atoms with Crippen molar-refractivity contribution in [3.63, 3.8) is 0 Å². The van der Waals surface area contributed by atoms with Crippen LogP contribution >= 0.6 is 0 Å². The van der Waals surface area contributed by atoms with Gasteiger partial charge in [0, 0.05) is 38.6 Å². The van der Waals surface area contributed by atoms with Gasteiger partial charge in [-0.1, -0.05) is 0 Å². The molecule has 4 fully saturated rings. The molecule has 0 amide bonds. The van der Waals surface area contributed by atoms with Crippen LogP contribution in [0.25, 0.3) is 0 Å². The van der Waals surface area contributed by atoms with Crippen LogP contribution in [0.1, 0.15) is 12.8 Å². The second-order valence-corrected chi connectivity index (χ2v) is 14.9. The van der Waals surface area contributed by atoms with Crippen LogP contribution in [0.5, 0.6) is 0 Å². The molecule has 1 saturated carbocycles. The van der Waals surface area contributed by atoms with E-state index in [1.807, 2.05) is 0 Å². The predicted octanol–water partition coefficient (Wildman–Crippen LogP) is -9.32. The van der Waals surface area contributed by atoms with E-state index in [1.165, 1.54) is 0 Å². The van der Waals surface area contributed by atoms with E-state index >= 15 is 0 Å². The van der Waals surface area contributed by atoms with Gasteiger partial charge in [0.25, 0.3) is 0 Å². The minimum absolute atomic E-state index is 0.128. The van der Waals surface area contributed by atoms with Gasteiger partial charge in [-0.05, 0) is 6.42 Å². The molecule has 50 heavy (non-hydrogen) atoms. The van der Waals surface area contributed by atoms with Gasteiger partial charge >= 0.3 is 0 Å². The van der Waals surface area contributed by atoms with Crippen molar-refractivity contribution in [1.29, 1.82) is 0 Å². The molecule has 0 aromatic rings. The molecule has 3 heterocycles. The minimum atomic E-state index is -3.98. The summed E-state index contributed by atoms with van der Waals surface area (Å²) >= 11 is 0. The molecule has 1 aliphatic carbocycles. The topological polar surface area (TPSA) is 385 Å². The number of rotatable bonds is 16. The molecule has 0 bridgehead atoms. The van der Waals surface area contributed by atoms with Gasteiger partial charge in [0.1, 0.15) is 48.8 Å². The van der Waals surface area contributed by atoms with Crippen LogP contribution in [0, 0.1) is 0 Å². The molecule has 4 aliphatic rings. The largest absolute Gasteiger partial charge is 0.395 e. The standard InChI is InChI=1S/C27H55N7O15S/c28-1-4-50(42,43)34-12-6-11(30)22(47-25-16(31)13(37)5-10(44-25)8-33-2-3-35)24(18(12)38)49-27-21(41)23(15(9-36)46-27)48-26-17(32)20(40)19(39)14(7-29)45-26/h10-27,33-41H,1-9,28-32H2/t10-,11-,12+,13+,14-,15+,16+,17+,18-,19+,20+,21+,22+,23+,24+,25+,26+,27-/m0/s1. The number of nitrogens with two attached hydrogens (primary N) is 5. The van der Waals surface area contributed by atoms with Gasteiger partial charge in [-0.2, -0.15) is 0 Å². The Morgan fingerprint density at radius 1 is 0.740 bits per heavy atom. The highest BCUT2D eigenvalue weighted by molar-refractivity contribution is 7.89. The monoisotopic (exact) mass is 749 g/mol. The first-order valence-corrected chi connectivity index (χ1v) is 18.2. The summed E-state index contributed by atoms with van der Waals surface area (Å²) in [5.41, 5.74) is 29.8. The molecule has 294 valence electrons. The molecule has 23 heteroatoms. The van der Waals surface area contributed by atoms with Crippen LogP contribution in [0.2, 0.25) is 0 Å². The summed E-state index contributed by atoms with van der Waals surface area (Å²) in [5.74, 6) is -0.449. The van der Waals surface area contributed by atoms with Gasteiger partial charge < -0.3 is 98.2 Å². The lowest BCUT2D eigenvalue weighted by Crippen LogP contribution is -2.67. The van der Waals surface area contributed by atoms with Crippen molar-refractivity contribution in [2.24, 2.45) is 28.7 Å². The zero-order chi connectivity index (χ0) is 36.9. The summed E-state index contributed by atoms with van der Waals surface area (Å²) in [5, 5.41) is 76.3. The number of nitrogens with one attached hydrogen (secondary N) is 2. The van der Waals surface area contributed by atoms with Gasteiger partial charge in [0.05, 0.1) is 55.4 Å². The molecule has 22 nitrogen and oxygen atoms in total. The Labute approximate surface area is 289 Å². The van der Waals surface area contributed by atoms with Crippen LogP contribution in [-0.4, -0.2) is 199 Å². The molecule has 3 saturated heterocycles. The SMILES string of the molecule is NCCS(=O)(=O)N[C@@H]1C[C@H](N)[C@@H](O[C@H]2O[C@H](CNCCO)C[C@@H](O)[C@H]2N)[C@H](O[C@@H]2O[C@H](CO)[C@@H](O[C@H]3O[C@@H](CN)[C@@H](O)[C@H](O)[C@H]3N)[C@H]2O)[C@H]1O. The molecule has 0 spiro atoms. The summed E-state index contributed by atoms with van der Waals surface area (Å²) < 4.78 is 63.1. The highest BCUT2D eigenvalue weighted by Crippen LogP contribution is 2.34. The fourth-order valence-corrected chi connectivity index (χ4v) is 7.66. The zero-order valence-corrected chi connectivity index (χ0v) is 28.3. The third-order valence-electron chi connectivity index (χ3n) is 9.31. The Balaban J connectivity index is 1.56. The number of hydrogen-bond acceptors (Lipinski definition) is 21. The summed E-state index contributed by atoms with van der Waals surface area (Å²) in [6.07, 6.45) is -18.9. The molecule has 0 aromatic heterocycles. The summed E-state index contributed by atoms with van der Waals surface area (Å²) in [4.78, 5) is 0. The second kappa shape index (κ2) is 18.5. The van der Waals surface area contributed by atoms with Crippen LogP contribution in [0.3, 0.4) is 0 Å². The van der Waals surface area contributed by atoms with Crippen molar-refractivity contribution in [2.75, 3.05) is 45.1 Å². The van der Waals surface area contributed by atoms with Crippen molar-refractivity contribution < 1.29 is 72.6 Å². The molecular weight excluding hydrogens is 694 g/mol. The highest BCUT2D eigenvalue weighted by Gasteiger charge is 2.54. The first-order chi connectivity index (χ1) is 23.7. The third kappa shape index (κ3) is 9.82.